The van der Waals surface area contributed by atoms with Crippen LogP contribution in [0.25, 0.3) is 11.0 Å². The van der Waals surface area contributed by atoms with Crippen molar-refractivity contribution in [3.63, 3.8) is 0 Å². The Kier molecular flexibility index (Phi) is 3.27. The van der Waals surface area contributed by atoms with Gasteiger partial charge in [0, 0.05) is 30.9 Å². The Morgan fingerprint density at radius 2 is 2.30 bits per heavy atom. The molecule has 2 N–H and O–H groups in total. The van der Waals surface area contributed by atoms with Crippen LogP contribution in [0.5, 0.6) is 0 Å². The lowest BCUT2D eigenvalue weighted by Crippen LogP contribution is -2.44. The number of aromatic amines is 1. The fourth-order valence-corrected chi connectivity index (χ4v) is 4.30. The number of aliphatic hydroxyl groups is 1. The summed E-state index contributed by atoms with van der Waals surface area (Å²) in [5.41, 5.74) is 0.566. The summed E-state index contributed by atoms with van der Waals surface area (Å²) in [6.07, 6.45) is 3.16. The molecule has 0 amide bonds. The molecule has 0 bridgehead atoms. The van der Waals surface area contributed by atoms with E-state index in [-0.39, 0.29) is 10.8 Å². The lowest BCUT2D eigenvalue weighted by molar-refractivity contribution is 0.0629. The maximum absolute atomic E-state index is 12.7. The topological polar surface area (TPSA) is 86.3 Å². The van der Waals surface area contributed by atoms with Gasteiger partial charge in [0.1, 0.15) is 10.5 Å². The number of aliphatic hydroxyl groups excluding tert-OH is 1. The molecule has 3 rings (SSSR count). The van der Waals surface area contributed by atoms with Crippen LogP contribution in [0.15, 0.2) is 29.4 Å². The van der Waals surface area contributed by atoms with Crippen molar-refractivity contribution in [2.75, 3.05) is 13.1 Å². The van der Waals surface area contributed by atoms with Gasteiger partial charge in [0.15, 0.2) is 0 Å². The van der Waals surface area contributed by atoms with Crippen molar-refractivity contribution in [2.45, 2.75) is 24.3 Å². The molecule has 0 aliphatic carbocycles. The van der Waals surface area contributed by atoms with Crippen LogP contribution in [-0.4, -0.2) is 47.0 Å². The maximum atomic E-state index is 12.7. The molecule has 0 spiro atoms. The molecule has 6 nitrogen and oxygen atoms in total. The molecule has 1 saturated heterocycles. The molecular formula is C13H17N3O3S. The van der Waals surface area contributed by atoms with Crippen LogP contribution >= 0.6 is 0 Å². The van der Waals surface area contributed by atoms with Gasteiger partial charge < -0.3 is 10.1 Å². The zero-order valence-corrected chi connectivity index (χ0v) is 12.0. The van der Waals surface area contributed by atoms with Crippen LogP contribution in [0.1, 0.15) is 13.3 Å². The summed E-state index contributed by atoms with van der Waals surface area (Å²) in [5, 5.41) is 10.3. The molecule has 1 aliphatic heterocycles. The molecule has 1 aliphatic rings. The fraction of sp³-hybridized carbons (Fsp3) is 0.462. The van der Waals surface area contributed by atoms with Crippen LogP contribution in [0.4, 0.5) is 0 Å². The molecule has 0 saturated carbocycles. The van der Waals surface area contributed by atoms with Crippen molar-refractivity contribution < 1.29 is 13.5 Å². The number of rotatable bonds is 2. The first-order valence-corrected chi connectivity index (χ1v) is 8.04. The first kappa shape index (κ1) is 13.5. The van der Waals surface area contributed by atoms with Gasteiger partial charge in [0.05, 0.1) is 6.10 Å². The lowest BCUT2D eigenvalue weighted by atomic mass is 9.99. The van der Waals surface area contributed by atoms with E-state index in [0.29, 0.717) is 30.5 Å². The van der Waals surface area contributed by atoms with E-state index in [0.717, 1.165) is 0 Å². The highest BCUT2D eigenvalue weighted by Crippen LogP contribution is 2.27. The van der Waals surface area contributed by atoms with Gasteiger partial charge in [-0.1, -0.05) is 6.92 Å². The van der Waals surface area contributed by atoms with Crippen molar-refractivity contribution >= 4 is 21.1 Å². The number of hydrogen-bond acceptors (Lipinski definition) is 4. The summed E-state index contributed by atoms with van der Waals surface area (Å²) in [7, 11) is -3.55. The van der Waals surface area contributed by atoms with E-state index in [1.807, 2.05) is 6.92 Å². The first-order valence-electron chi connectivity index (χ1n) is 6.60. The number of fused-ring (bicyclic) bond motifs is 1. The fourth-order valence-electron chi connectivity index (χ4n) is 2.60. The average Bonchev–Trinajstić information content (AvgIpc) is 2.86. The lowest BCUT2D eigenvalue weighted by Gasteiger charge is -2.33. The third-order valence-electron chi connectivity index (χ3n) is 3.85. The zero-order chi connectivity index (χ0) is 14.3. The van der Waals surface area contributed by atoms with E-state index < -0.39 is 16.1 Å². The average molecular weight is 295 g/mol. The highest BCUT2D eigenvalue weighted by molar-refractivity contribution is 7.89. The van der Waals surface area contributed by atoms with Gasteiger partial charge in [-0.05, 0) is 24.5 Å². The van der Waals surface area contributed by atoms with Gasteiger partial charge in [-0.25, -0.2) is 13.4 Å². The third kappa shape index (κ3) is 2.11. The summed E-state index contributed by atoms with van der Waals surface area (Å²) in [5.74, 6) is -0.0538. The minimum absolute atomic E-state index is 0.0538. The second kappa shape index (κ2) is 4.83. The molecule has 20 heavy (non-hydrogen) atoms. The summed E-state index contributed by atoms with van der Waals surface area (Å²) in [4.78, 5) is 7.25. The second-order valence-electron chi connectivity index (χ2n) is 5.25. The van der Waals surface area contributed by atoms with Gasteiger partial charge in [-0.2, -0.15) is 4.31 Å². The Bertz CT molecular complexity index is 725. The zero-order valence-electron chi connectivity index (χ0n) is 11.2. The normalized spacial score (nSPS) is 25.1. The number of pyridine rings is 1. The Morgan fingerprint density at radius 3 is 3.05 bits per heavy atom. The van der Waals surface area contributed by atoms with Crippen molar-refractivity contribution in [1.82, 2.24) is 14.3 Å². The number of piperidine rings is 1. The van der Waals surface area contributed by atoms with E-state index in [2.05, 4.69) is 9.97 Å². The molecule has 2 aromatic heterocycles. The molecule has 3 heterocycles. The minimum Gasteiger partial charge on any atom is -0.393 e. The second-order valence-corrected chi connectivity index (χ2v) is 7.16. The summed E-state index contributed by atoms with van der Waals surface area (Å²) >= 11 is 0. The van der Waals surface area contributed by atoms with E-state index in [9.17, 15) is 13.5 Å². The number of nitrogens with one attached hydrogen (secondary N) is 1. The van der Waals surface area contributed by atoms with E-state index in [1.165, 1.54) is 10.5 Å². The van der Waals surface area contributed by atoms with E-state index in [1.54, 1.807) is 18.3 Å². The molecule has 2 atom stereocenters. The molecule has 2 aromatic rings. The summed E-state index contributed by atoms with van der Waals surface area (Å²) in [6, 6.07) is 3.46. The van der Waals surface area contributed by atoms with Crippen LogP contribution in [-0.2, 0) is 10.0 Å². The Morgan fingerprint density at radius 1 is 1.50 bits per heavy atom. The summed E-state index contributed by atoms with van der Waals surface area (Å²) in [6.45, 7) is 2.56. The highest BCUT2D eigenvalue weighted by atomic mass is 32.2. The summed E-state index contributed by atoms with van der Waals surface area (Å²) < 4.78 is 26.9. The smallest absolute Gasteiger partial charge is 0.245 e. The third-order valence-corrected chi connectivity index (χ3v) is 5.76. The predicted molar refractivity (Wildman–Crippen MR) is 74.6 cm³/mol. The number of H-pyrrole nitrogens is 1. The van der Waals surface area contributed by atoms with Crippen molar-refractivity contribution in [3.05, 3.63) is 24.5 Å². The number of nitrogens with zero attached hydrogens (tertiary/aromatic N) is 2. The van der Waals surface area contributed by atoms with Gasteiger partial charge >= 0.3 is 0 Å². The van der Waals surface area contributed by atoms with Crippen molar-refractivity contribution in [3.8, 4) is 0 Å². The maximum Gasteiger partial charge on any atom is 0.245 e. The predicted octanol–water partition coefficient (Wildman–Crippen LogP) is 0.954. The van der Waals surface area contributed by atoms with E-state index in [4.69, 9.17) is 0 Å². The molecule has 1 fully saturated rings. The molecule has 0 aromatic carbocycles. The van der Waals surface area contributed by atoms with Crippen LogP contribution in [0, 0.1) is 5.92 Å². The molecule has 0 radical (unpaired) electrons. The number of aromatic nitrogens is 2. The van der Waals surface area contributed by atoms with Crippen LogP contribution < -0.4 is 0 Å². The Balaban J connectivity index is 2.00. The molecule has 108 valence electrons. The SMILES string of the molecule is CC1CN(S(=O)(=O)c2c[nH]c3ncccc23)CCC1O. The first-order chi connectivity index (χ1) is 9.50. The largest absolute Gasteiger partial charge is 0.393 e. The quantitative estimate of drug-likeness (QED) is 0.864. The van der Waals surface area contributed by atoms with Gasteiger partial charge in [-0.3, -0.25) is 0 Å². The highest BCUT2D eigenvalue weighted by Gasteiger charge is 2.33. The van der Waals surface area contributed by atoms with Crippen LogP contribution in [0.3, 0.4) is 0 Å². The Hall–Kier alpha value is -1.44. The minimum atomic E-state index is -3.55. The monoisotopic (exact) mass is 295 g/mol. The van der Waals surface area contributed by atoms with Crippen molar-refractivity contribution in [2.24, 2.45) is 5.92 Å². The van der Waals surface area contributed by atoms with Gasteiger partial charge in [0.25, 0.3) is 0 Å². The number of hydrogen-bond donors (Lipinski definition) is 2. The standard InChI is InChI=1S/C13H17N3O3S/c1-9-8-16(6-4-11(9)17)20(18,19)12-7-15-13-10(12)3-2-5-14-13/h2-3,5,7,9,11,17H,4,6,8H2,1H3,(H,14,15). The molecule has 7 heteroatoms. The number of sulfonamides is 1. The molecular weight excluding hydrogens is 278 g/mol. The van der Waals surface area contributed by atoms with Gasteiger partial charge in [-0.15, -0.1) is 0 Å². The van der Waals surface area contributed by atoms with Crippen molar-refractivity contribution in [1.29, 1.82) is 0 Å². The Labute approximate surface area is 117 Å². The van der Waals surface area contributed by atoms with E-state index >= 15 is 0 Å². The van der Waals surface area contributed by atoms with Gasteiger partial charge in [0.2, 0.25) is 10.0 Å². The van der Waals surface area contributed by atoms with Crippen LogP contribution in [0.2, 0.25) is 0 Å². The molecule has 2 unspecified atom stereocenters.